The number of carbonyl (C=O) groups excluding carboxylic acids is 2. The third-order valence-corrected chi connectivity index (χ3v) is 3.28. The number of alkyl halides is 2. The van der Waals surface area contributed by atoms with E-state index in [1.54, 1.807) is 4.90 Å². The van der Waals surface area contributed by atoms with Gasteiger partial charge >= 0.3 is 6.61 Å². The molecule has 0 aromatic heterocycles. The van der Waals surface area contributed by atoms with Gasteiger partial charge in [-0.3, -0.25) is 14.5 Å². The number of ether oxygens (including phenoxy) is 1. The fourth-order valence-electron chi connectivity index (χ4n) is 1.91. The first kappa shape index (κ1) is 20.1. The molecule has 0 spiro atoms. The normalized spacial score (nSPS) is 10.8. The molecule has 0 atom stereocenters. The number of benzene rings is 1. The summed E-state index contributed by atoms with van der Waals surface area (Å²) in [4.78, 5) is 25.2. The van der Waals surface area contributed by atoms with Gasteiger partial charge in [0.2, 0.25) is 11.8 Å². The molecule has 24 heavy (non-hydrogen) atoms. The van der Waals surface area contributed by atoms with Gasteiger partial charge in [0.15, 0.2) is 0 Å². The van der Waals surface area contributed by atoms with Gasteiger partial charge < -0.3 is 15.4 Å². The number of hydrogen-bond donors (Lipinski definition) is 2. The minimum Gasteiger partial charge on any atom is -0.433 e. The van der Waals surface area contributed by atoms with Crippen LogP contribution in [0.15, 0.2) is 18.2 Å². The van der Waals surface area contributed by atoms with E-state index in [0.29, 0.717) is 18.8 Å². The Kier molecular flexibility index (Phi) is 8.42. The fraction of sp³-hybridized carbons (Fsp3) is 0.467. The Balaban J connectivity index is 2.60. The smallest absolute Gasteiger partial charge is 0.387 e. The molecule has 0 unspecified atom stereocenters. The van der Waals surface area contributed by atoms with Crippen LogP contribution >= 0.6 is 11.6 Å². The molecule has 9 heteroatoms. The van der Waals surface area contributed by atoms with Crippen molar-refractivity contribution in [3.63, 3.8) is 0 Å². The van der Waals surface area contributed by atoms with E-state index < -0.39 is 6.61 Å². The topological polar surface area (TPSA) is 70.7 Å². The summed E-state index contributed by atoms with van der Waals surface area (Å²) in [5, 5.41) is 5.21. The quantitative estimate of drug-likeness (QED) is 0.706. The van der Waals surface area contributed by atoms with E-state index >= 15 is 0 Å². The van der Waals surface area contributed by atoms with Crippen molar-refractivity contribution < 1.29 is 23.1 Å². The summed E-state index contributed by atoms with van der Waals surface area (Å²) < 4.78 is 28.6. The van der Waals surface area contributed by atoms with E-state index in [-0.39, 0.29) is 35.7 Å². The molecule has 0 fully saturated rings. The highest BCUT2D eigenvalue weighted by Gasteiger charge is 2.14. The van der Waals surface area contributed by atoms with Crippen LogP contribution in [-0.4, -0.2) is 49.5 Å². The summed E-state index contributed by atoms with van der Waals surface area (Å²) in [6, 6.07) is 3.97. The molecule has 1 rings (SSSR count). The van der Waals surface area contributed by atoms with Crippen molar-refractivity contribution in [1.29, 1.82) is 0 Å². The molecule has 0 bridgehead atoms. The summed E-state index contributed by atoms with van der Waals surface area (Å²) in [6.45, 7) is 1.84. The van der Waals surface area contributed by atoms with Crippen LogP contribution < -0.4 is 15.4 Å². The number of nitrogens with one attached hydrogen (secondary N) is 2. The molecule has 0 radical (unpaired) electrons. The lowest BCUT2D eigenvalue weighted by Gasteiger charge is -2.19. The van der Waals surface area contributed by atoms with Gasteiger partial charge in [-0.05, 0) is 31.7 Å². The SMILES string of the molecule is CCNC(=O)CN(CC)CC(=O)Nc1ccc(OC(F)F)c(Cl)c1. The second kappa shape index (κ2) is 10.0. The summed E-state index contributed by atoms with van der Waals surface area (Å²) >= 11 is 5.82. The molecule has 2 amide bonds. The van der Waals surface area contributed by atoms with Crippen LogP contribution in [0.3, 0.4) is 0 Å². The number of hydrogen-bond acceptors (Lipinski definition) is 4. The first-order chi connectivity index (χ1) is 11.3. The molecule has 0 aliphatic rings. The lowest BCUT2D eigenvalue weighted by molar-refractivity contribution is -0.123. The van der Waals surface area contributed by atoms with Crippen LogP contribution in [0.4, 0.5) is 14.5 Å². The maximum absolute atomic E-state index is 12.2. The first-order valence-electron chi connectivity index (χ1n) is 7.39. The Hall–Kier alpha value is -1.93. The molecular weight excluding hydrogens is 344 g/mol. The van der Waals surface area contributed by atoms with Crippen molar-refractivity contribution in [3.8, 4) is 5.75 Å². The molecule has 6 nitrogen and oxygen atoms in total. The monoisotopic (exact) mass is 363 g/mol. The third-order valence-electron chi connectivity index (χ3n) is 2.99. The second-order valence-electron chi connectivity index (χ2n) is 4.83. The van der Waals surface area contributed by atoms with Gasteiger partial charge in [-0.25, -0.2) is 0 Å². The van der Waals surface area contributed by atoms with E-state index in [1.807, 2.05) is 13.8 Å². The predicted octanol–water partition coefficient (Wildman–Crippen LogP) is 2.34. The highest BCUT2D eigenvalue weighted by molar-refractivity contribution is 6.32. The molecule has 134 valence electrons. The van der Waals surface area contributed by atoms with Gasteiger partial charge in [0.25, 0.3) is 0 Å². The molecule has 0 saturated carbocycles. The summed E-state index contributed by atoms with van der Waals surface area (Å²) in [5.41, 5.74) is 0.348. The van der Waals surface area contributed by atoms with Crippen molar-refractivity contribution in [2.45, 2.75) is 20.5 Å². The number of halogens is 3. The molecule has 0 heterocycles. The van der Waals surface area contributed by atoms with Crippen molar-refractivity contribution in [1.82, 2.24) is 10.2 Å². The average molecular weight is 364 g/mol. The zero-order chi connectivity index (χ0) is 18.1. The third kappa shape index (κ3) is 7.10. The van der Waals surface area contributed by atoms with Gasteiger partial charge in [-0.2, -0.15) is 8.78 Å². The number of anilines is 1. The highest BCUT2D eigenvalue weighted by Crippen LogP contribution is 2.28. The maximum atomic E-state index is 12.2. The number of amides is 2. The predicted molar refractivity (Wildman–Crippen MR) is 87.5 cm³/mol. The molecule has 2 N–H and O–H groups in total. The van der Waals surface area contributed by atoms with E-state index in [9.17, 15) is 18.4 Å². The standard InChI is InChI=1S/C15H20ClF2N3O3/c1-3-19-13(22)8-21(4-2)9-14(23)20-10-5-6-12(11(16)7-10)24-15(17)18/h5-7,15H,3-4,8-9H2,1-2H3,(H,19,22)(H,20,23). The summed E-state index contributed by atoms with van der Waals surface area (Å²) in [5.74, 6) is -0.681. The second-order valence-corrected chi connectivity index (χ2v) is 5.24. The van der Waals surface area contributed by atoms with Gasteiger partial charge in [0, 0.05) is 12.2 Å². The maximum Gasteiger partial charge on any atom is 0.387 e. The molecule has 0 saturated heterocycles. The summed E-state index contributed by atoms with van der Waals surface area (Å²) in [6.07, 6.45) is 0. The number of likely N-dealkylation sites (N-methyl/N-ethyl adjacent to an activating group) is 2. The number of rotatable bonds is 9. The van der Waals surface area contributed by atoms with Gasteiger partial charge in [0.1, 0.15) is 5.75 Å². The van der Waals surface area contributed by atoms with Gasteiger partial charge in [-0.1, -0.05) is 18.5 Å². The van der Waals surface area contributed by atoms with Gasteiger partial charge in [-0.15, -0.1) is 0 Å². The molecule has 0 aliphatic heterocycles. The van der Waals surface area contributed by atoms with Crippen molar-refractivity contribution in [3.05, 3.63) is 23.2 Å². The zero-order valence-corrected chi connectivity index (χ0v) is 14.2. The lowest BCUT2D eigenvalue weighted by Crippen LogP contribution is -2.41. The average Bonchev–Trinajstić information content (AvgIpc) is 2.49. The van der Waals surface area contributed by atoms with E-state index in [4.69, 9.17) is 11.6 Å². The molecule has 1 aromatic carbocycles. The Labute approximate surface area is 144 Å². The molecule has 0 aliphatic carbocycles. The fourth-order valence-corrected chi connectivity index (χ4v) is 2.13. The zero-order valence-electron chi connectivity index (χ0n) is 13.4. The number of nitrogens with zero attached hydrogens (tertiary/aromatic N) is 1. The van der Waals surface area contributed by atoms with Crippen LogP contribution in [0.5, 0.6) is 5.75 Å². The number of carbonyl (C=O) groups is 2. The minimum atomic E-state index is -2.98. The van der Waals surface area contributed by atoms with E-state index in [2.05, 4.69) is 15.4 Å². The van der Waals surface area contributed by atoms with Crippen LogP contribution in [0.2, 0.25) is 5.02 Å². The first-order valence-corrected chi connectivity index (χ1v) is 7.76. The van der Waals surface area contributed by atoms with Crippen molar-refractivity contribution in [2.24, 2.45) is 0 Å². The highest BCUT2D eigenvalue weighted by atomic mass is 35.5. The molecular formula is C15H20ClF2N3O3. The Morgan fingerprint density at radius 3 is 2.46 bits per heavy atom. The lowest BCUT2D eigenvalue weighted by atomic mass is 10.3. The largest absolute Gasteiger partial charge is 0.433 e. The van der Waals surface area contributed by atoms with Crippen LogP contribution in [-0.2, 0) is 9.59 Å². The van der Waals surface area contributed by atoms with Crippen molar-refractivity contribution in [2.75, 3.05) is 31.5 Å². The van der Waals surface area contributed by atoms with Crippen LogP contribution in [0, 0.1) is 0 Å². The Morgan fingerprint density at radius 2 is 1.92 bits per heavy atom. The minimum absolute atomic E-state index is 0.0144. The Morgan fingerprint density at radius 1 is 1.25 bits per heavy atom. The summed E-state index contributed by atoms with van der Waals surface area (Å²) in [7, 11) is 0. The Bertz CT molecular complexity index is 573. The van der Waals surface area contributed by atoms with Crippen LogP contribution in [0.1, 0.15) is 13.8 Å². The van der Waals surface area contributed by atoms with Crippen LogP contribution in [0.25, 0.3) is 0 Å². The van der Waals surface area contributed by atoms with Gasteiger partial charge in [0.05, 0.1) is 18.1 Å². The van der Waals surface area contributed by atoms with E-state index in [1.165, 1.54) is 18.2 Å². The molecule has 1 aromatic rings. The van der Waals surface area contributed by atoms with Crippen molar-refractivity contribution >= 4 is 29.1 Å². The van der Waals surface area contributed by atoms with E-state index in [0.717, 1.165) is 0 Å².